The van der Waals surface area contributed by atoms with E-state index in [1.54, 1.807) is 24.3 Å². The number of phenolic OH excluding ortho intramolecular Hbond substituents is 1. The van der Waals surface area contributed by atoms with Crippen LogP contribution >= 0.6 is 12.6 Å². The molecule has 5 heteroatoms. The molecule has 2 fully saturated rings. The number of aliphatic hydroxyl groups is 1. The first kappa shape index (κ1) is 13.9. The molecule has 2 N–H and O–H groups in total. The maximum Gasteiger partial charge on any atom is 0.142 e. The molecule has 1 aromatic carbocycles. The summed E-state index contributed by atoms with van der Waals surface area (Å²) in [6, 6.07) is 6.72. The fraction of sp³-hybridized carbons (Fsp3) is 0.533. The molecule has 4 nitrogen and oxygen atoms in total. The molecule has 0 aromatic heterocycles. The fourth-order valence-electron chi connectivity index (χ4n) is 3.21. The second-order valence-electron chi connectivity index (χ2n) is 5.64. The molecule has 0 amide bonds. The number of aliphatic hydroxyl groups excluding tert-OH is 1. The molecule has 5 atom stereocenters. The minimum atomic E-state index is -0.454. The van der Waals surface area contributed by atoms with E-state index >= 15 is 0 Å². The smallest absolute Gasteiger partial charge is 0.142 e. The van der Waals surface area contributed by atoms with Gasteiger partial charge in [-0.15, -0.1) is 0 Å². The van der Waals surface area contributed by atoms with Gasteiger partial charge in [0.2, 0.25) is 0 Å². The second kappa shape index (κ2) is 5.39. The minimum Gasteiger partial charge on any atom is -0.508 e. The molecule has 0 radical (unpaired) electrons. The van der Waals surface area contributed by atoms with Crippen LogP contribution in [0.2, 0.25) is 0 Å². The quantitative estimate of drug-likeness (QED) is 0.692. The zero-order valence-electron chi connectivity index (χ0n) is 11.0. The molecule has 0 spiro atoms. The molecule has 2 aliphatic rings. The Balaban J connectivity index is 1.81. The summed E-state index contributed by atoms with van der Waals surface area (Å²) in [5.74, 6) is 0.138. The lowest BCUT2D eigenvalue weighted by Gasteiger charge is -2.43. The molecular weight excluding hydrogens is 276 g/mol. The van der Waals surface area contributed by atoms with Crippen molar-refractivity contribution in [3.05, 3.63) is 29.8 Å². The SMILES string of the molecule is O=C1C[C@@H](c2ccc(O)cc2)OC2CC(O)CC(S)C12. The van der Waals surface area contributed by atoms with Crippen LogP contribution < -0.4 is 0 Å². The van der Waals surface area contributed by atoms with Gasteiger partial charge < -0.3 is 14.9 Å². The van der Waals surface area contributed by atoms with Crippen molar-refractivity contribution >= 4 is 18.4 Å². The number of ketones is 1. The number of fused-ring (bicyclic) bond motifs is 1. The Kier molecular flexibility index (Phi) is 3.75. The highest BCUT2D eigenvalue weighted by Gasteiger charge is 2.45. The monoisotopic (exact) mass is 294 g/mol. The molecule has 0 bridgehead atoms. The van der Waals surface area contributed by atoms with Crippen LogP contribution in [-0.2, 0) is 9.53 Å². The Morgan fingerprint density at radius 2 is 1.90 bits per heavy atom. The first-order chi connectivity index (χ1) is 9.54. The Hall–Kier alpha value is -1.04. The zero-order valence-corrected chi connectivity index (χ0v) is 11.9. The lowest BCUT2D eigenvalue weighted by atomic mass is 9.77. The van der Waals surface area contributed by atoms with Crippen molar-refractivity contribution in [1.29, 1.82) is 0 Å². The Morgan fingerprint density at radius 3 is 2.60 bits per heavy atom. The van der Waals surface area contributed by atoms with Gasteiger partial charge in [0, 0.05) is 18.1 Å². The Morgan fingerprint density at radius 1 is 1.20 bits per heavy atom. The van der Waals surface area contributed by atoms with Crippen molar-refractivity contribution in [2.75, 3.05) is 0 Å². The summed E-state index contributed by atoms with van der Waals surface area (Å²) in [6.45, 7) is 0. The van der Waals surface area contributed by atoms with Crippen molar-refractivity contribution in [3.63, 3.8) is 0 Å². The average Bonchev–Trinajstić information content (AvgIpc) is 2.38. The topological polar surface area (TPSA) is 66.8 Å². The third-order valence-electron chi connectivity index (χ3n) is 4.20. The van der Waals surface area contributed by atoms with Gasteiger partial charge in [-0.2, -0.15) is 12.6 Å². The normalized spacial score (nSPS) is 37.5. The van der Waals surface area contributed by atoms with Gasteiger partial charge in [-0.3, -0.25) is 4.79 Å². The van der Waals surface area contributed by atoms with E-state index < -0.39 is 6.10 Å². The molecule has 4 unspecified atom stereocenters. The molecule has 1 saturated heterocycles. The number of carbonyl (C=O) groups is 1. The third kappa shape index (κ3) is 2.57. The van der Waals surface area contributed by atoms with Gasteiger partial charge in [-0.25, -0.2) is 0 Å². The van der Waals surface area contributed by atoms with Gasteiger partial charge in [0.05, 0.1) is 24.2 Å². The summed E-state index contributed by atoms with van der Waals surface area (Å²) in [4.78, 5) is 12.3. The first-order valence-electron chi connectivity index (χ1n) is 6.88. The maximum atomic E-state index is 12.3. The molecule has 108 valence electrons. The van der Waals surface area contributed by atoms with Gasteiger partial charge in [-0.05, 0) is 24.1 Å². The van der Waals surface area contributed by atoms with Crippen LogP contribution in [0.25, 0.3) is 0 Å². The van der Waals surface area contributed by atoms with Gasteiger partial charge >= 0.3 is 0 Å². The van der Waals surface area contributed by atoms with E-state index in [-0.39, 0.29) is 34.9 Å². The highest BCUT2D eigenvalue weighted by Crippen LogP contribution is 2.41. The summed E-state index contributed by atoms with van der Waals surface area (Å²) in [5.41, 5.74) is 0.880. The van der Waals surface area contributed by atoms with Gasteiger partial charge in [0.25, 0.3) is 0 Å². The third-order valence-corrected chi connectivity index (χ3v) is 4.73. The molecule has 1 aromatic rings. The summed E-state index contributed by atoms with van der Waals surface area (Å²) in [7, 11) is 0. The van der Waals surface area contributed by atoms with Gasteiger partial charge in [0.15, 0.2) is 0 Å². The van der Waals surface area contributed by atoms with Crippen LogP contribution in [0.15, 0.2) is 24.3 Å². The van der Waals surface area contributed by atoms with E-state index in [9.17, 15) is 15.0 Å². The average molecular weight is 294 g/mol. The van der Waals surface area contributed by atoms with E-state index in [0.717, 1.165) is 5.56 Å². The summed E-state index contributed by atoms with van der Waals surface area (Å²) in [5, 5.41) is 19.0. The van der Waals surface area contributed by atoms with Crippen molar-refractivity contribution in [3.8, 4) is 5.75 Å². The van der Waals surface area contributed by atoms with Crippen molar-refractivity contribution in [1.82, 2.24) is 0 Å². The van der Waals surface area contributed by atoms with Crippen LogP contribution in [0.1, 0.15) is 30.9 Å². The number of hydrogen-bond acceptors (Lipinski definition) is 5. The van der Waals surface area contributed by atoms with E-state index in [4.69, 9.17) is 4.74 Å². The number of rotatable bonds is 1. The van der Waals surface area contributed by atoms with E-state index in [0.29, 0.717) is 19.3 Å². The van der Waals surface area contributed by atoms with E-state index in [2.05, 4.69) is 12.6 Å². The van der Waals surface area contributed by atoms with E-state index in [1.807, 2.05) is 0 Å². The molecule has 20 heavy (non-hydrogen) atoms. The molecule has 1 saturated carbocycles. The molecule has 1 heterocycles. The maximum absolute atomic E-state index is 12.3. The number of thiol groups is 1. The molecule has 1 aliphatic heterocycles. The molecule has 3 rings (SSSR count). The lowest BCUT2D eigenvalue weighted by Crippen LogP contribution is -2.49. The van der Waals surface area contributed by atoms with Crippen LogP contribution in [0.5, 0.6) is 5.75 Å². The lowest BCUT2D eigenvalue weighted by molar-refractivity contribution is -0.155. The van der Waals surface area contributed by atoms with Crippen molar-refractivity contribution < 1.29 is 19.7 Å². The highest BCUT2D eigenvalue weighted by molar-refractivity contribution is 7.81. The predicted octanol–water partition coefficient (Wildman–Crippen LogP) is 1.86. The standard InChI is InChI=1S/C15H18O4S/c16-9-3-1-8(2-4-9)12-7-11(18)15-13(19-12)5-10(17)6-14(15)20/h1-4,10,12-17,20H,5-7H2/t10?,12-,13?,14?,15?/m0/s1. The van der Waals surface area contributed by atoms with Gasteiger partial charge in [-0.1, -0.05) is 12.1 Å². The number of carbonyl (C=O) groups excluding carboxylic acids is 1. The second-order valence-corrected chi connectivity index (χ2v) is 6.31. The first-order valence-corrected chi connectivity index (χ1v) is 7.39. The minimum absolute atomic E-state index is 0.128. The van der Waals surface area contributed by atoms with E-state index in [1.165, 1.54) is 0 Å². The summed E-state index contributed by atoms with van der Waals surface area (Å²) >= 11 is 4.44. The van der Waals surface area contributed by atoms with Crippen LogP contribution in [0, 0.1) is 5.92 Å². The Labute approximate surface area is 123 Å². The highest BCUT2D eigenvalue weighted by atomic mass is 32.1. The van der Waals surface area contributed by atoms with Gasteiger partial charge in [0.1, 0.15) is 11.5 Å². The number of Topliss-reactive ketones (excluding diaryl/α,β-unsaturated/α-hetero) is 1. The number of ether oxygens (including phenoxy) is 1. The molecular formula is C15H18O4S. The number of hydrogen-bond donors (Lipinski definition) is 3. The van der Waals surface area contributed by atoms with Crippen LogP contribution in [0.4, 0.5) is 0 Å². The zero-order chi connectivity index (χ0) is 14.3. The largest absolute Gasteiger partial charge is 0.508 e. The summed E-state index contributed by atoms with van der Waals surface area (Å²) in [6.07, 6.45) is 0.353. The van der Waals surface area contributed by atoms with Crippen molar-refractivity contribution in [2.24, 2.45) is 5.92 Å². The fourth-order valence-corrected chi connectivity index (χ4v) is 3.81. The summed E-state index contributed by atoms with van der Waals surface area (Å²) < 4.78 is 6.02. The predicted molar refractivity (Wildman–Crippen MR) is 76.8 cm³/mol. The number of phenols is 1. The van der Waals surface area contributed by atoms with Crippen LogP contribution in [0.3, 0.4) is 0 Å². The number of benzene rings is 1. The number of aromatic hydroxyl groups is 1. The molecule has 1 aliphatic carbocycles. The van der Waals surface area contributed by atoms with Crippen molar-refractivity contribution in [2.45, 2.75) is 42.8 Å². The van der Waals surface area contributed by atoms with Crippen LogP contribution in [-0.4, -0.2) is 33.5 Å². The Bertz CT molecular complexity index is 501.